The highest BCUT2D eigenvalue weighted by Crippen LogP contribution is 2.37. The molecule has 2 aliphatic heterocycles. The van der Waals surface area contributed by atoms with E-state index in [0.29, 0.717) is 12.2 Å². The number of benzene rings is 1. The third-order valence-corrected chi connectivity index (χ3v) is 5.12. The quantitative estimate of drug-likeness (QED) is 0.917. The van der Waals surface area contributed by atoms with E-state index < -0.39 is 0 Å². The van der Waals surface area contributed by atoms with Gasteiger partial charge in [0.15, 0.2) is 0 Å². The lowest BCUT2D eigenvalue weighted by Crippen LogP contribution is -2.57. The van der Waals surface area contributed by atoms with Crippen molar-refractivity contribution in [2.75, 3.05) is 38.7 Å². The molecule has 0 aliphatic carbocycles. The Labute approximate surface area is 142 Å². The maximum absolute atomic E-state index is 13.3. The fourth-order valence-electron chi connectivity index (χ4n) is 3.73. The molecule has 24 heavy (non-hydrogen) atoms. The minimum atomic E-state index is -0.353. The van der Waals surface area contributed by atoms with Crippen LogP contribution in [0.4, 0.5) is 10.1 Å². The molecule has 0 saturated carbocycles. The Morgan fingerprint density at radius 2 is 2.33 bits per heavy atom. The molecule has 1 aromatic carbocycles. The molecule has 132 valence electrons. The molecule has 2 fully saturated rings. The van der Waals surface area contributed by atoms with E-state index in [2.05, 4.69) is 10.2 Å². The number of nitrogens with zero attached hydrogens (tertiary/aromatic N) is 1. The molecule has 1 amide bonds. The lowest BCUT2D eigenvalue weighted by Gasteiger charge is -2.44. The van der Waals surface area contributed by atoms with Crippen LogP contribution in [0.2, 0.25) is 0 Å². The molecule has 6 heteroatoms. The van der Waals surface area contributed by atoms with Crippen molar-refractivity contribution in [3.63, 3.8) is 0 Å². The minimum absolute atomic E-state index is 0.0162. The topological polar surface area (TPSA) is 50.8 Å². The molecule has 5 nitrogen and oxygen atoms in total. The van der Waals surface area contributed by atoms with Crippen LogP contribution in [0.1, 0.15) is 24.8 Å². The lowest BCUT2D eigenvalue weighted by atomic mass is 9.86. The number of nitrogens with one attached hydrogen (secondary N) is 1. The first-order chi connectivity index (χ1) is 11.5. The van der Waals surface area contributed by atoms with Crippen molar-refractivity contribution in [1.29, 1.82) is 0 Å². The molecule has 1 N–H and O–H groups in total. The number of likely N-dealkylation sites (tertiary alicyclic amines) is 1. The minimum Gasteiger partial charge on any atom is -0.377 e. The Hall–Kier alpha value is -1.50. The van der Waals surface area contributed by atoms with Gasteiger partial charge in [-0.25, -0.2) is 4.39 Å². The van der Waals surface area contributed by atoms with E-state index in [1.807, 2.05) is 6.92 Å². The number of rotatable bonds is 4. The highest BCUT2D eigenvalue weighted by molar-refractivity contribution is 5.92. The lowest BCUT2D eigenvalue weighted by molar-refractivity contribution is -0.145. The van der Waals surface area contributed by atoms with Gasteiger partial charge < -0.3 is 14.8 Å². The summed E-state index contributed by atoms with van der Waals surface area (Å²) in [6.07, 6.45) is 2.95. The molecule has 3 rings (SSSR count). The van der Waals surface area contributed by atoms with Gasteiger partial charge >= 0.3 is 0 Å². The summed E-state index contributed by atoms with van der Waals surface area (Å²) in [5.74, 6) is -0.490. The van der Waals surface area contributed by atoms with Gasteiger partial charge in [0, 0.05) is 32.5 Å². The number of methoxy groups -OCH3 is 1. The molecule has 2 atom stereocenters. The Kier molecular flexibility index (Phi) is 5.18. The van der Waals surface area contributed by atoms with Gasteiger partial charge in [-0.05, 0) is 43.9 Å². The van der Waals surface area contributed by atoms with Crippen molar-refractivity contribution in [2.24, 2.45) is 0 Å². The summed E-state index contributed by atoms with van der Waals surface area (Å²) < 4.78 is 24.9. The number of ether oxygens (including phenoxy) is 2. The fourth-order valence-corrected chi connectivity index (χ4v) is 3.73. The van der Waals surface area contributed by atoms with Crippen LogP contribution in [0.25, 0.3) is 0 Å². The zero-order valence-corrected chi connectivity index (χ0v) is 14.3. The van der Waals surface area contributed by atoms with Crippen molar-refractivity contribution in [3.8, 4) is 0 Å². The van der Waals surface area contributed by atoms with Crippen LogP contribution >= 0.6 is 0 Å². The second-order valence-electron chi connectivity index (χ2n) is 6.73. The van der Waals surface area contributed by atoms with Gasteiger partial charge in [0.25, 0.3) is 0 Å². The summed E-state index contributed by atoms with van der Waals surface area (Å²) in [6.45, 7) is 4.38. The van der Waals surface area contributed by atoms with E-state index in [0.717, 1.165) is 38.0 Å². The van der Waals surface area contributed by atoms with Crippen molar-refractivity contribution in [3.05, 3.63) is 29.6 Å². The second kappa shape index (κ2) is 7.17. The summed E-state index contributed by atoms with van der Waals surface area (Å²) >= 11 is 0. The predicted octanol–water partition coefficient (Wildman–Crippen LogP) is 2.34. The van der Waals surface area contributed by atoms with E-state index in [4.69, 9.17) is 9.47 Å². The first-order valence-electron chi connectivity index (χ1n) is 8.47. The number of hydrogen-bond acceptors (Lipinski definition) is 4. The molecule has 1 aromatic rings. The number of halogens is 1. The van der Waals surface area contributed by atoms with E-state index >= 15 is 0 Å². The third kappa shape index (κ3) is 3.61. The van der Waals surface area contributed by atoms with Crippen molar-refractivity contribution < 1.29 is 18.7 Å². The highest BCUT2D eigenvalue weighted by Gasteiger charge is 2.46. The molecule has 1 spiro atoms. The molecule has 2 unspecified atom stereocenters. The average molecular weight is 336 g/mol. The van der Waals surface area contributed by atoms with E-state index in [1.54, 1.807) is 13.2 Å². The summed E-state index contributed by atoms with van der Waals surface area (Å²) in [4.78, 5) is 14.4. The van der Waals surface area contributed by atoms with Gasteiger partial charge in [-0.1, -0.05) is 6.07 Å². The zero-order valence-electron chi connectivity index (χ0n) is 14.3. The van der Waals surface area contributed by atoms with Gasteiger partial charge in [0.2, 0.25) is 5.91 Å². The number of aryl methyl sites for hydroxylation is 1. The highest BCUT2D eigenvalue weighted by atomic mass is 19.1. The van der Waals surface area contributed by atoms with Gasteiger partial charge in [-0.2, -0.15) is 0 Å². The Balaban J connectivity index is 1.58. The van der Waals surface area contributed by atoms with Crippen LogP contribution in [0.5, 0.6) is 0 Å². The van der Waals surface area contributed by atoms with Crippen LogP contribution in [-0.4, -0.2) is 55.9 Å². The average Bonchev–Trinajstić information content (AvgIpc) is 3.02. The zero-order chi connectivity index (χ0) is 17.2. The van der Waals surface area contributed by atoms with Crippen LogP contribution in [0.15, 0.2) is 18.2 Å². The first kappa shape index (κ1) is 17.3. The molecule has 0 bridgehead atoms. The number of amides is 1. The van der Waals surface area contributed by atoms with E-state index in [9.17, 15) is 9.18 Å². The second-order valence-corrected chi connectivity index (χ2v) is 6.73. The van der Waals surface area contributed by atoms with Gasteiger partial charge in [-0.3, -0.25) is 9.69 Å². The molecule has 2 saturated heterocycles. The summed E-state index contributed by atoms with van der Waals surface area (Å²) in [5, 5.41) is 2.80. The molecular formula is C18H25FN2O3. The third-order valence-electron chi connectivity index (χ3n) is 5.12. The van der Waals surface area contributed by atoms with Crippen LogP contribution in [0.3, 0.4) is 0 Å². The number of anilines is 1. The summed E-state index contributed by atoms with van der Waals surface area (Å²) in [7, 11) is 1.70. The van der Waals surface area contributed by atoms with E-state index in [-0.39, 0.29) is 30.0 Å². The first-order valence-corrected chi connectivity index (χ1v) is 8.47. The summed E-state index contributed by atoms with van der Waals surface area (Å²) in [5.41, 5.74) is 1.19. The van der Waals surface area contributed by atoms with Gasteiger partial charge in [-0.15, -0.1) is 0 Å². The van der Waals surface area contributed by atoms with Crippen LogP contribution in [0, 0.1) is 12.7 Å². The largest absolute Gasteiger partial charge is 0.377 e. The normalized spacial score (nSPS) is 27.5. The predicted molar refractivity (Wildman–Crippen MR) is 89.5 cm³/mol. The Morgan fingerprint density at radius 3 is 3.04 bits per heavy atom. The summed E-state index contributed by atoms with van der Waals surface area (Å²) in [6, 6.07) is 4.40. The Morgan fingerprint density at radius 1 is 1.50 bits per heavy atom. The molecular weight excluding hydrogens is 311 g/mol. The van der Waals surface area contributed by atoms with Crippen molar-refractivity contribution >= 4 is 11.6 Å². The number of carbonyl (C=O) groups is 1. The SMILES string of the molecule is COC1CN(CC(=O)Nc2cc(F)ccc2C)CCC12CCCO2. The molecule has 0 radical (unpaired) electrons. The number of carbonyl (C=O) groups excluding carboxylic acids is 1. The maximum Gasteiger partial charge on any atom is 0.238 e. The van der Waals surface area contributed by atoms with Crippen LogP contribution in [-0.2, 0) is 14.3 Å². The Bertz CT molecular complexity index is 602. The number of hydrogen-bond donors (Lipinski definition) is 1. The standard InChI is InChI=1S/C18H25FN2O3/c1-13-4-5-14(19)10-15(13)20-17(22)12-21-8-7-18(6-3-9-24-18)16(11-21)23-2/h4-5,10,16H,3,6-9,11-12H2,1-2H3,(H,20,22). The van der Waals surface area contributed by atoms with Gasteiger partial charge in [0.1, 0.15) is 5.82 Å². The fraction of sp³-hybridized carbons (Fsp3) is 0.611. The van der Waals surface area contributed by atoms with Crippen LogP contribution < -0.4 is 5.32 Å². The maximum atomic E-state index is 13.3. The van der Waals surface area contributed by atoms with Gasteiger partial charge in [0.05, 0.1) is 18.2 Å². The molecule has 2 heterocycles. The molecule has 0 aromatic heterocycles. The smallest absolute Gasteiger partial charge is 0.238 e. The van der Waals surface area contributed by atoms with Crippen molar-refractivity contribution in [2.45, 2.75) is 37.9 Å². The monoisotopic (exact) mass is 336 g/mol. The van der Waals surface area contributed by atoms with Crippen molar-refractivity contribution in [1.82, 2.24) is 4.90 Å². The number of piperidine rings is 1. The van der Waals surface area contributed by atoms with E-state index in [1.165, 1.54) is 12.1 Å². The molecule has 2 aliphatic rings.